The number of nitro benzene ring substituents is 1. The number of aryl methyl sites for hydroxylation is 1. The van der Waals surface area contributed by atoms with Gasteiger partial charge in [-0.25, -0.2) is 20.8 Å². The molecule has 20 nitrogen and oxygen atoms in total. The third-order valence-electron chi connectivity index (χ3n) is 7.75. The second-order valence-corrected chi connectivity index (χ2v) is 11.2. The molecule has 0 radical (unpaired) electrons. The lowest BCUT2D eigenvalue weighted by atomic mass is 9.94. The van der Waals surface area contributed by atoms with Gasteiger partial charge in [-0.05, 0) is 48.9 Å². The third kappa shape index (κ3) is 8.47. The van der Waals surface area contributed by atoms with E-state index < -0.39 is 68.9 Å². The number of nitrogens with two attached hydrogens (primary N) is 1. The number of carboxylic acid groups (broad SMARTS) is 1. The Bertz CT molecular complexity index is 1990. The van der Waals surface area contributed by atoms with Crippen LogP contribution < -0.4 is 25.9 Å². The molecule has 3 atom stereocenters. The number of nitrogens with zero attached hydrogens (tertiary/aromatic N) is 6. The minimum Gasteiger partial charge on any atom is -0.481 e. The van der Waals surface area contributed by atoms with Crippen molar-refractivity contribution >= 4 is 23.3 Å². The molecule has 2 aliphatic rings. The van der Waals surface area contributed by atoms with Crippen LogP contribution in [-0.2, 0) is 27.2 Å². The monoisotopic (exact) mass is 716 g/mol. The predicted octanol–water partition coefficient (Wildman–Crippen LogP) is 2.15. The number of allylic oxidation sites excluding steroid dienone is 1. The fourth-order valence-electron chi connectivity index (χ4n) is 5.37. The molecular weight excluding hydrogens is 684 g/mol. The summed E-state index contributed by atoms with van der Waals surface area (Å²) in [5, 5.41) is 51.4. The van der Waals surface area contributed by atoms with Crippen LogP contribution in [0.1, 0.15) is 41.9 Å². The summed E-state index contributed by atoms with van der Waals surface area (Å²) in [6, 6.07) is 9.95. The number of aromatic nitrogens is 2. The van der Waals surface area contributed by atoms with E-state index >= 15 is 0 Å². The SMILES string of the molecule is CCOC(=O)CCc1cc(OC2=C([N+](=O)[O-])C(C(Cc3cnc[nH]3)C(=O)O)=NC(Oc3cc(C#N)ccc3[N+](=O)[O-])N2N)cc(C2NC=CCN2)c1. The summed E-state index contributed by atoms with van der Waals surface area (Å²) < 4.78 is 17.0. The first-order valence-corrected chi connectivity index (χ1v) is 15.7. The standard InChI is InChI=1S/C32H32N10O10/c1-2-50-26(43)7-5-18-10-20(29-36-8-3-9-37-29)13-22(11-18)51-30-28(42(48)49)27(23(31(44)45)14-21-16-35-17-38-21)39-32(40(30)34)52-25-12-19(15-33)4-6-24(25)41(46)47/h3-4,6,8,10-13,16-17,23,29,32,36-37H,2,5,7,9,14,34H2,1H3,(H,35,38)(H,44,45). The molecule has 0 saturated heterocycles. The number of carbonyl (C=O) groups is 2. The highest BCUT2D eigenvalue weighted by atomic mass is 16.6. The molecule has 0 bridgehead atoms. The Kier molecular flexibility index (Phi) is 11.4. The zero-order chi connectivity index (χ0) is 37.4. The number of nitro groups is 2. The van der Waals surface area contributed by atoms with Gasteiger partial charge in [0.2, 0.25) is 5.75 Å². The van der Waals surface area contributed by atoms with Gasteiger partial charge in [-0.15, -0.1) is 0 Å². The lowest BCUT2D eigenvalue weighted by molar-refractivity contribution is -0.420. The van der Waals surface area contributed by atoms with Crippen molar-refractivity contribution in [1.82, 2.24) is 25.6 Å². The van der Waals surface area contributed by atoms with Gasteiger partial charge in [-0.3, -0.25) is 35.1 Å². The van der Waals surface area contributed by atoms with Crippen molar-refractivity contribution in [3.8, 4) is 17.6 Å². The van der Waals surface area contributed by atoms with Crippen molar-refractivity contribution in [2.75, 3.05) is 13.2 Å². The van der Waals surface area contributed by atoms with Gasteiger partial charge in [-0.2, -0.15) is 5.26 Å². The molecule has 2 aromatic carbocycles. The van der Waals surface area contributed by atoms with Crippen LogP contribution in [0.4, 0.5) is 5.69 Å². The van der Waals surface area contributed by atoms with Gasteiger partial charge in [0.15, 0.2) is 0 Å². The Morgan fingerprint density at radius 3 is 2.65 bits per heavy atom. The molecule has 0 saturated carbocycles. The molecule has 3 unspecified atom stereocenters. The molecule has 3 aromatic rings. The Balaban J connectivity index is 1.64. The Labute approximate surface area is 294 Å². The Hall–Kier alpha value is -6.85. The van der Waals surface area contributed by atoms with Crippen molar-refractivity contribution in [3.05, 3.63) is 115 Å². The molecule has 0 amide bonds. The second-order valence-electron chi connectivity index (χ2n) is 11.2. The Morgan fingerprint density at radius 2 is 2.02 bits per heavy atom. The number of aromatic amines is 1. The number of hydrazine groups is 1. The van der Waals surface area contributed by atoms with Crippen LogP contribution in [0.15, 0.2) is 77.8 Å². The van der Waals surface area contributed by atoms with Crippen molar-refractivity contribution in [1.29, 1.82) is 5.26 Å². The highest BCUT2D eigenvalue weighted by Crippen LogP contribution is 2.34. The quantitative estimate of drug-likeness (QED) is 0.0651. The average molecular weight is 717 g/mol. The number of imidazole rings is 1. The van der Waals surface area contributed by atoms with E-state index in [1.807, 2.05) is 12.1 Å². The zero-order valence-electron chi connectivity index (χ0n) is 27.4. The van der Waals surface area contributed by atoms with Crippen LogP contribution in [0.2, 0.25) is 0 Å². The fraction of sp³-hybridized carbons (Fsp3) is 0.281. The maximum atomic E-state index is 12.8. The van der Waals surface area contributed by atoms with E-state index in [4.69, 9.17) is 20.1 Å². The van der Waals surface area contributed by atoms with Crippen molar-refractivity contribution in [2.45, 2.75) is 38.7 Å². The summed E-state index contributed by atoms with van der Waals surface area (Å²) in [4.78, 5) is 58.7. The number of H-pyrrole nitrogens is 1. The molecule has 0 spiro atoms. The minimum atomic E-state index is -1.87. The molecule has 0 fully saturated rings. The minimum absolute atomic E-state index is 0.00258. The molecule has 270 valence electrons. The maximum absolute atomic E-state index is 12.8. The van der Waals surface area contributed by atoms with Crippen LogP contribution in [0.5, 0.6) is 11.5 Å². The third-order valence-corrected chi connectivity index (χ3v) is 7.75. The van der Waals surface area contributed by atoms with Gasteiger partial charge in [0.05, 0.1) is 34.4 Å². The number of carbonyl (C=O) groups excluding carboxylic acids is 1. The fourth-order valence-corrected chi connectivity index (χ4v) is 5.37. The van der Waals surface area contributed by atoms with E-state index in [1.54, 1.807) is 25.3 Å². The van der Waals surface area contributed by atoms with E-state index in [0.717, 1.165) is 12.1 Å². The molecule has 3 heterocycles. The van der Waals surface area contributed by atoms with Gasteiger partial charge >= 0.3 is 23.3 Å². The number of rotatable bonds is 15. The van der Waals surface area contributed by atoms with E-state index in [2.05, 4.69) is 25.6 Å². The summed E-state index contributed by atoms with van der Waals surface area (Å²) in [7, 11) is 0. The van der Waals surface area contributed by atoms with Gasteiger partial charge in [0.1, 0.15) is 23.5 Å². The van der Waals surface area contributed by atoms with Gasteiger partial charge in [0.25, 0.3) is 12.2 Å². The number of aliphatic carboxylic acids is 1. The first kappa shape index (κ1) is 36.4. The number of ether oxygens (including phenoxy) is 3. The number of aliphatic imine (C=N–C) groups is 1. The molecule has 2 aliphatic heterocycles. The van der Waals surface area contributed by atoms with Crippen LogP contribution >= 0.6 is 0 Å². The highest BCUT2D eigenvalue weighted by Gasteiger charge is 2.45. The molecule has 0 aliphatic carbocycles. The number of esters is 1. The topological polar surface area (TPSA) is 286 Å². The van der Waals surface area contributed by atoms with Crippen LogP contribution in [-0.4, -0.2) is 67.1 Å². The number of hydrogen-bond donors (Lipinski definition) is 5. The van der Waals surface area contributed by atoms with Crippen molar-refractivity contribution in [3.63, 3.8) is 0 Å². The van der Waals surface area contributed by atoms with Crippen molar-refractivity contribution in [2.24, 2.45) is 16.8 Å². The molecule has 6 N–H and O–H groups in total. The van der Waals surface area contributed by atoms with Gasteiger partial charge in [-0.1, -0.05) is 12.1 Å². The summed E-state index contributed by atoms with van der Waals surface area (Å²) in [5.41, 5.74) is -0.700. The van der Waals surface area contributed by atoms with Crippen molar-refractivity contribution < 1.29 is 38.8 Å². The molecule has 5 rings (SSSR count). The molecule has 20 heteroatoms. The number of benzene rings is 2. The lowest BCUT2D eigenvalue weighted by Gasteiger charge is -2.32. The van der Waals surface area contributed by atoms with E-state index in [-0.39, 0.29) is 37.2 Å². The largest absolute Gasteiger partial charge is 0.481 e. The normalized spacial score (nSPS) is 17.3. The first-order chi connectivity index (χ1) is 25.0. The van der Waals surface area contributed by atoms with Crippen LogP contribution in [0.3, 0.4) is 0 Å². The molecule has 52 heavy (non-hydrogen) atoms. The van der Waals surface area contributed by atoms with E-state index in [9.17, 15) is 40.2 Å². The summed E-state index contributed by atoms with van der Waals surface area (Å²) >= 11 is 0. The van der Waals surface area contributed by atoms with Crippen LogP contribution in [0, 0.1) is 37.5 Å². The molecular formula is C32H32N10O10. The number of carboxylic acids is 1. The van der Waals surface area contributed by atoms with Crippen LogP contribution in [0.25, 0.3) is 0 Å². The first-order valence-electron chi connectivity index (χ1n) is 15.7. The lowest BCUT2D eigenvalue weighted by Crippen LogP contribution is -2.51. The maximum Gasteiger partial charge on any atom is 0.352 e. The number of nitrogens with one attached hydrogen (secondary N) is 3. The second kappa shape index (κ2) is 16.2. The smallest absolute Gasteiger partial charge is 0.352 e. The number of nitriles is 1. The van der Waals surface area contributed by atoms with Gasteiger partial charge in [0, 0.05) is 43.4 Å². The summed E-state index contributed by atoms with van der Waals surface area (Å²) in [6.45, 7) is 2.38. The highest BCUT2D eigenvalue weighted by molar-refractivity contribution is 6.10. The number of hydrogen-bond acceptors (Lipinski definition) is 16. The van der Waals surface area contributed by atoms with E-state index in [0.29, 0.717) is 28.4 Å². The predicted molar refractivity (Wildman–Crippen MR) is 178 cm³/mol. The zero-order valence-corrected chi connectivity index (χ0v) is 27.4. The summed E-state index contributed by atoms with van der Waals surface area (Å²) in [6.07, 6.45) is 3.76. The Morgan fingerprint density at radius 1 is 1.21 bits per heavy atom. The van der Waals surface area contributed by atoms with E-state index in [1.165, 1.54) is 24.7 Å². The summed E-state index contributed by atoms with van der Waals surface area (Å²) in [5.74, 6) is 1.53. The average Bonchev–Trinajstić information content (AvgIpc) is 3.65. The molecule has 1 aromatic heterocycles. The van der Waals surface area contributed by atoms with Gasteiger partial charge < -0.3 is 29.6 Å².